The SMILES string of the molecule is CC(Cc1ccc(Cl)cc1Cl)NC(=O)C1CCNCC1.Cl. The van der Waals surface area contributed by atoms with Gasteiger partial charge in [0, 0.05) is 22.0 Å². The first kappa shape index (κ1) is 18.6. The summed E-state index contributed by atoms with van der Waals surface area (Å²) in [5.74, 6) is 0.295. The Morgan fingerprint density at radius 3 is 2.67 bits per heavy atom. The molecule has 1 amide bonds. The van der Waals surface area contributed by atoms with Crippen LogP contribution in [-0.4, -0.2) is 25.0 Å². The zero-order chi connectivity index (χ0) is 14.5. The van der Waals surface area contributed by atoms with Gasteiger partial charge in [-0.3, -0.25) is 4.79 Å². The molecule has 1 saturated heterocycles. The van der Waals surface area contributed by atoms with E-state index >= 15 is 0 Å². The summed E-state index contributed by atoms with van der Waals surface area (Å²) in [5.41, 5.74) is 1.01. The molecule has 1 atom stereocenters. The third-order valence-electron chi connectivity index (χ3n) is 3.64. The number of halogens is 3. The highest BCUT2D eigenvalue weighted by atomic mass is 35.5. The molecule has 1 aliphatic rings. The fourth-order valence-corrected chi connectivity index (χ4v) is 3.00. The summed E-state index contributed by atoms with van der Waals surface area (Å²) in [6.45, 7) is 3.86. The van der Waals surface area contributed by atoms with Gasteiger partial charge >= 0.3 is 0 Å². The third-order valence-corrected chi connectivity index (χ3v) is 4.23. The molecule has 0 bridgehead atoms. The number of piperidine rings is 1. The quantitative estimate of drug-likeness (QED) is 0.872. The number of carbonyl (C=O) groups excluding carboxylic acids is 1. The van der Waals surface area contributed by atoms with Crippen molar-refractivity contribution < 1.29 is 4.79 Å². The minimum atomic E-state index is 0. The maximum atomic E-state index is 12.1. The highest BCUT2D eigenvalue weighted by molar-refractivity contribution is 6.35. The van der Waals surface area contributed by atoms with E-state index in [1.807, 2.05) is 19.1 Å². The fraction of sp³-hybridized carbons (Fsp3) is 0.533. The van der Waals surface area contributed by atoms with E-state index < -0.39 is 0 Å². The molecule has 0 spiro atoms. The summed E-state index contributed by atoms with van der Waals surface area (Å²) in [6, 6.07) is 5.54. The zero-order valence-electron chi connectivity index (χ0n) is 12.0. The van der Waals surface area contributed by atoms with Gasteiger partial charge in [0.05, 0.1) is 0 Å². The van der Waals surface area contributed by atoms with Crippen LogP contribution in [0.1, 0.15) is 25.3 Å². The Balaban J connectivity index is 0.00000220. The molecule has 0 aromatic heterocycles. The van der Waals surface area contributed by atoms with Gasteiger partial charge in [-0.2, -0.15) is 0 Å². The van der Waals surface area contributed by atoms with E-state index in [1.54, 1.807) is 6.07 Å². The first-order valence-corrected chi connectivity index (χ1v) is 7.77. The van der Waals surface area contributed by atoms with Crippen molar-refractivity contribution >= 4 is 41.5 Å². The Labute approximate surface area is 142 Å². The Bertz CT molecular complexity index is 476. The molecular formula is C15H21Cl3N2O. The van der Waals surface area contributed by atoms with Crippen molar-refractivity contribution in [3.8, 4) is 0 Å². The Kier molecular flexibility index (Phi) is 7.82. The zero-order valence-corrected chi connectivity index (χ0v) is 14.3. The summed E-state index contributed by atoms with van der Waals surface area (Å²) in [4.78, 5) is 12.1. The predicted octanol–water partition coefficient (Wildman–Crippen LogP) is 3.46. The normalized spacial score (nSPS) is 16.9. The van der Waals surface area contributed by atoms with Crippen LogP contribution in [0, 0.1) is 5.92 Å². The maximum absolute atomic E-state index is 12.1. The lowest BCUT2D eigenvalue weighted by atomic mass is 9.96. The molecule has 2 rings (SSSR count). The van der Waals surface area contributed by atoms with Crippen molar-refractivity contribution in [1.29, 1.82) is 0 Å². The summed E-state index contributed by atoms with van der Waals surface area (Å²) < 4.78 is 0. The van der Waals surface area contributed by atoms with E-state index in [1.165, 1.54) is 0 Å². The second-order valence-electron chi connectivity index (χ2n) is 5.37. The van der Waals surface area contributed by atoms with Crippen LogP contribution in [0.25, 0.3) is 0 Å². The Hall–Kier alpha value is -0.480. The number of benzene rings is 1. The minimum Gasteiger partial charge on any atom is -0.353 e. The van der Waals surface area contributed by atoms with Crippen LogP contribution in [0.4, 0.5) is 0 Å². The summed E-state index contributed by atoms with van der Waals surface area (Å²) in [5, 5.41) is 7.63. The second-order valence-corrected chi connectivity index (χ2v) is 6.22. The molecule has 0 aliphatic carbocycles. The molecular weight excluding hydrogens is 331 g/mol. The summed E-state index contributed by atoms with van der Waals surface area (Å²) in [6.07, 6.45) is 2.55. The fourth-order valence-electron chi connectivity index (χ4n) is 2.51. The van der Waals surface area contributed by atoms with E-state index in [0.717, 1.165) is 31.5 Å². The summed E-state index contributed by atoms with van der Waals surface area (Å²) >= 11 is 12.0. The van der Waals surface area contributed by atoms with Gasteiger partial charge in [-0.25, -0.2) is 0 Å². The Morgan fingerprint density at radius 1 is 1.38 bits per heavy atom. The summed E-state index contributed by atoms with van der Waals surface area (Å²) in [7, 11) is 0. The van der Waals surface area contributed by atoms with Gasteiger partial charge in [0.2, 0.25) is 5.91 Å². The number of amides is 1. The van der Waals surface area contributed by atoms with Crippen molar-refractivity contribution in [2.45, 2.75) is 32.2 Å². The number of nitrogens with one attached hydrogen (secondary N) is 2. The van der Waals surface area contributed by atoms with Gasteiger partial charge in [-0.05, 0) is 57.0 Å². The van der Waals surface area contributed by atoms with Crippen LogP contribution in [0.3, 0.4) is 0 Å². The average molecular weight is 352 g/mol. The molecule has 1 aromatic rings. The molecule has 1 heterocycles. The molecule has 1 unspecified atom stereocenters. The number of hydrogen-bond acceptors (Lipinski definition) is 2. The maximum Gasteiger partial charge on any atom is 0.223 e. The van der Waals surface area contributed by atoms with E-state index in [2.05, 4.69) is 10.6 Å². The molecule has 2 N–H and O–H groups in total. The van der Waals surface area contributed by atoms with Gasteiger partial charge in [0.1, 0.15) is 0 Å². The number of hydrogen-bond donors (Lipinski definition) is 2. The standard InChI is InChI=1S/C15H20Cl2N2O.ClH/c1-10(8-12-2-3-13(16)9-14(12)17)19-15(20)11-4-6-18-7-5-11;/h2-3,9-11,18H,4-8H2,1H3,(H,19,20);1H. The smallest absolute Gasteiger partial charge is 0.223 e. The first-order chi connectivity index (χ1) is 9.56. The van der Waals surface area contributed by atoms with Gasteiger partial charge in [0.15, 0.2) is 0 Å². The molecule has 3 nitrogen and oxygen atoms in total. The average Bonchev–Trinajstić information content (AvgIpc) is 2.43. The predicted molar refractivity (Wildman–Crippen MR) is 90.6 cm³/mol. The molecule has 6 heteroatoms. The van der Waals surface area contributed by atoms with Crippen molar-refractivity contribution in [3.63, 3.8) is 0 Å². The van der Waals surface area contributed by atoms with Gasteiger partial charge < -0.3 is 10.6 Å². The van der Waals surface area contributed by atoms with E-state index in [9.17, 15) is 4.79 Å². The van der Waals surface area contributed by atoms with Gasteiger partial charge in [0.25, 0.3) is 0 Å². The molecule has 118 valence electrons. The van der Waals surface area contributed by atoms with Crippen LogP contribution in [0.2, 0.25) is 10.0 Å². The lowest BCUT2D eigenvalue weighted by Gasteiger charge is -2.24. The second kappa shape index (κ2) is 8.84. The highest BCUT2D eigenvalue weighted by Crippen LogP contribution is 2.22. The topological polar surface area (TPSA) is 41.1 Å². The highest BCUT2D eigenvalue weighted by Gasteiger charge is 2.22. The van der Waals surface area contributed by atoms with E-state index in [-0.39, 0.29) is 30.3 Å². The van der Waals surface area contributed by atoms with Gasteiger partial charge in [-0.15, -0.1) is 12.4 Å². The van der Waals surface area contributed by atoms with Crippen molar-refractivity contribution in [3.05, 3.63) is 33.8 Å². The van der Waals surface area contributed by atoms with Crippen LogP contribution in [0.15, 0.2) is 18.2 Å². The number of rotatable bonds is 4. The van der Waals surface area contributed by atoms with Crippen LogP contribution in [-0.2, 0) is 11.2 Å². The first-order valence-electron chi connectivity index (χ1n) is 7.01. The number of carbonyl (C=O) groups is 1. The van der Waals surface area contributed by atoms with Crippen LogP contribution < -0.4 is 10.6 Å². The lowest BCUT2D eigenvalue weighted by Crippen LogP contribution is -2.42. The van der Waals surface area contributed by atoms with Crippen LogP contribution >= 0.6 is 35.6 Å². The minimum absolute atomic E-state index is 0. The van der Waals surface area contributed by atoms with Gasteiger partial charge in [-0.1, -0.05) is 29.3 Å². The molecule has 0 saturated carbocycles. The molecule has 1 fully saturated rings. The van der Waals surface area contributed by atoms with Crippen molar-refractivity contribution in [2.75, 3.05) is 13.1 Å². The Morgan fingerprint density at radius 2 is 2.05 bits per heavy atom. The monoisotopic (exact) mass is 350 g/mol. The van der Waals surface area contributed by atoms with Crippen molar-refractivity contribution in [2.24, 2.45) is 5.92 Å². The van der Waals surface area contributed by atoms with E-state index in [0.29, 0.717) is 16.5 Å². The molecule has 1 aliphatic heterocycles. The largest absolute Gasteiger partial charge is 0.353 e. The van der Waals surface area contributed by atoms with E-state index in [4.69, 9.17) is 23.2 Å². The third kappa shape index (κ3) is 5.67. The lowest BCUT2D eigenvalue weighted by molar-refractivity contribution is -0.126. The van der Waals surface area contributed by atoms with Crippen LogP contribution in [0.5, 0.6) is 0 Å². The molecule has 1 aromatic carbocycles. The molecule has 0 radical (unpaired) electrons. The molecule has 21 heavy (non-hydrogen) atoms. The van der Waals surface area contributed by atoms with Crippen molar-refractivity contribution in [1.82, 2.24) is 10.6 Å².